The van der Waals surface area contributed by atoms with E-state index in [0.717, 1.165) is 12.8 Å². The van der Waals surface area contributed by atoms with E-state index in [-0.39, 0.29) is 22.9 Å². The maximum atomic E-state index is 13.3. The summed E-state index contributed by atoms with van der Waals surface area (Å²) in [4.78, 5) is 16.3. The van der Waals surface area contributed by atoms with Crippen LogP contribution in [0.4, 0.5) is 0 Å². The van der Waals surface area contributed by atoms with Crippen LogP contribution in [0.25, 0.3) is 0 Å². The first-order valence-electron chi connectivity index (χ1n) is 8.19. The van der Waals surface area contributed by atoms with E-state index in [1.165, 1.54) is 28.2 Å². The van der Waals surface area contributed by atoms with E-state index in [9.17, 15) is 13.2 Å². The molecule has 25 heavy (non-hydrogen) atoms. The molecule has 8 heteroatoms. The third kappa shape index (κ3) is 3.32. The molecule has 3 rings (SSSR count). The molecule has 0 saturated heterocycles. The molecule has 2 aromatic rings. The van der Waals surface area contributed by atoms with Gasteiger partial charge in [0.2, 0.25) is 10.0 Å². The standard InChI is InChI=1S/C17H22N4O3S/c1-12(15-6-4-5-9-19-15)21(13-7-8-13)25(23,24)14-10-16(17(22)18-2)20(3)11-14/h4-6,9-13H,7-8H2,1-3H3,(H,18,22)/t12-/m1/s1. The second-order valence-electron chi connectivity index (χ2n) is 6.25. The zero-order valence-electron chi connectivity index (χ0n) is 14.5. The predicted octanol–water partition coefficient (Wildman–Crippen LogP) is 1.69. The Hall–Kier alpha value is -2.19. The summed E-state index contributed by atoms with van der Waals surface area (Å²) in [6, 6.07) is 6.51. The molecule has 134 valence electrons. The van der Waals surface area contributed by atoms with Gasteiger partial charge in [0.25, 0.3) is 5.91 Å². The Balaban J connectivity index is 2.00. The van der Waals surface area contributed by atoms with E-state index in [2.05, 4.69) is 10.3 Å². The van der Waals surface area contributed by atoms with Crippen LogP contribution in [0.1, 0.15) is 42.0 Å². The molecule has 1 fully saturated rings. The van der Waals surface area contributed by atoms with E-state index in [4.69, 9.17) is 0 Å². The summed E-state index contributed by atoms with van der Waals surface area (Å²) in [5.41, 5.74) is 1.02. The molecule has 1 N–H and O–H groups in total. The number of aromatic nitrogens is 2. The van der Waals surface area contributed by atoms with Gasteiger partial charge in [-0.1, -0.05) is 6.07 Å². The van der Waals surface area contributed by atoms with Crippen molar-refractivity contribution in [3.63, 3.8) is 0 Å². The van der Waals surface area contributed by atoms with Gasteiger partial charge in [-0.05, 0) is 38.0 Å². The summed E-state index contributed by atoms with van der Waals surface area (Å²) < 4.78 is 29.6. The van der Waals surface area contributed by atoms with Crippen molar-refractivity contribution in [2.24, 2.45) is 7.05 Å². The lowest BCUT2D eigenvalue weighted by Gasteiger charge is -2.27. The van der Waals surface area contributed by atoms with Crippen molar-refractivity contribution in [3.8, 4) is 0 Å². The van der Waals surface area contributed by atoms with Gasteiger partial charge in [-0.3, -0.25) is 9.78 Å². The third-order valence-electron chi connectivity index (χ3n) is 4.42. The van der Waals surface area contributed by atoms with Gasteiger partial charge >= 0.3 is 0 Å². The third-order valence-corrected chi connectivity index (χ3v) is 6.41. The highest BCUT2D eigenvalue weighted by Crippen LogP contribution is 2.38. The quantitative estimate of drug-likeness (QED) is 0.848. The molecule has 1 atom stereocenters. The highest BCUT2D eigenvalue weighted by Gasteiger charge is 2.42. The minimum absolute atomic E-state index is 0.0225. The molecule has 1 amide bonds. The average Bonchev–Trinajstić information content (AvgIpc) is 3.34. The first-order chi connectivity index (χ1) is 11.9. The van der Waals surface area contributed by atoms with Gasteiger partial charge in [-0.25, -0.2) is 8.42 Å². The summed E-state index contributed by atoms with van der Waals surface area (Å²) in [7, 11) is -0.559. The number of hydrogen-bond acceptors (Lipinski definition) is 4. The fourth-order valence-electron chi connectivity index (χ4n) is 2.95. The number of hydrogen-bond donors (Lipinski definition) is 1. The van der Waals surface area contributed by atoms with Crippen molar-refractivity contribution in [3.05, 3.63) is 48.0 Å². The molecular weight excluding hydrogens is 340 g/mol. The van der Waals surface area contributed by atoms with Crippen LogP contribution in [0.2, 0.25) is 0 Å². The molecule has 0 radical (unpaired) electrons. The van der Waals surface area contributed by atoms with Crippen LogP contribution < -0.4 is 5.32 Å². The minimum atomic E-state index is -3.74. The molecule has 7 nitrogen and oxygen atoms in total. The Morgan fingerprint density at radius 1 is 1.40 bits per heavy atom. The highest BCUT2D eigenvalue weighted by atomic mass is 32.2. The molecule has 1 aliphatic rings. The van der Waals surface area contributed by atoms with E-state index < -0.39 is 10.0 Å². The molecule has 1 saturated carbocycles. The zero-order chi connectivity index (χ0) is 18.2. The van der Waals surface area contributed by atoms with Crippen LogP contribution in [0, 0.1) is 0 Å². The maximum Gasteiger partial charge on any atom is 0.267 e. The van der Waals surface area contributed by atoms with Crippen LogP contribution in [0.5, 0.6) is 0 Å². The molecule has 0 aromatic carbocycles. The van der Waals surface area contributed by atoms with Gasteiger partial charge in [0.15, 0.2) is 0 Å². The Bertz CT molecular complexity index is 873. The van der Waals surface area contributed by atoms with Crippen molar-refractivity contribution >= 4 is 15.9 Å². The van der Waals surface area contributed by atoms with E-state index in [1.807, 2.05) is 19.1 Å². The van der Waals surface area contributed by atoms with Crippen molar-refractivity contribution in [1.82, 2.24) is 19.2 Å². The van der Waals surface area contributed by atoms with Gasteiger partial charge in [-0.15, -0.1) is 0 Å². The maximum absolute atomic E-state index is 13.3. The molecule has 0 unspecified atom stereocenters. The first-order valence-corrected chi connectivity index (χ1v) is 9.63. The lowest BCUT2D eigenvalue weighted by Crippen LogP contribution is -2.35. The Labute approximate surface area is 147 Å². The Kier molecular flexibility index (Phi) is 4.66. The fourth-order valence-corrected chi connectivity index (χ4v) is 4.88. The van der Waals surface area contributed by atoms with Crippen molar-refractivity contribution < 1.29 is 13.2 Å². The number of carbonyl (C=O) groups excluding carboxylic acids is 1. The molecule has 1 aliphatic carbocycles. The predicted molar refractivity (Wildman–Crippen MR) is 93.5 cm³/mol. The van der Waals surface area contributed by atoms with Crippen LogP contribution in [-0.4, -0.2) is 41.3 Å². The van der Waals surface area contributed by atoms with Crippen molar-refractivity contribution in [2.75, 3.05) is 7.05 Å². The van der Waals surface area contributed by atoms with Crippen molar-refractivity contribution in [1.29, 1.82) is 0 Å². The molecule has 0 bridgehead atoms. The molecule has 2 heterocycles. The van der Waals surface area contributed by atoms with E-state index >= 15 is 0 Å². The fraction of sp³-hybridized carbons (Fsp3) is 0.412. The number of aryl methyl sites for hydroxylation is 1. The summed E-state index contributed by atoms with van der Waals surface area (Å²) in [6.07, 6.45) is 4.83. The summed E-state index contributed by atoms with van der Waals surface area (Å²) in [6.45, 7) is 1.85. The highest BCUT2D eigenvalue weighted by molar-refractivity contribution is 7.89. The van der Waals surface area contributed by atoms with Crippen LogP contribution in [0.15, 0.2) is 41.6 Å². The minimum Gasteiger partial charge on any atom is -0.354 e. The normalized spacial score (nSPS) is 16.0. The summed E-state index contributed by atoms with van der Waals surface area (Å²) in [5.74, 6) is -0.320. The van der Waals surface area contributed by atoms with E-state index in [0.29, 0.717) is 11.4 Å². The van der Waals surface area contributed by atoms with Gasteiger partial charge in [0.05, 0.1) is 11.7 Å². The number of nitrogens with one attached hydrogen (secondary N) is 1. The molecule has 0 spiro atoms. The first kappa shape index (κ1) is 17.6. The van der Waals surface area contributed by atoms with E-state index in [1.54, 1.807) is 19.3 Å². The van der Waals surface area contributed by atoms with Crippen LogP contribution >= 0.6 is 0 Å². The molecule has 2 aromatic heterocycles. The Morgan fingerprint density at radius 3 is 2.68 bits per heavy atom. The summed E-state index contributed by atoms with van der Waals surface area (Å²) in [5, 5.41) is 2.52. The van der Waals surface area contributed by atoms with Gasteiger partial charge < -0.3 is 9.88 Å². The molecule has 0 aliphatic heterocycles. The lowest BCUT2D eigenvalue weighted by molar-refractivity contribution is 0.0955. The second kappa shape index (κ2) is 6.61. The van der Waals surface area contributed by atoms with Crippen LogP contribution in [-0.2, 0) is 17.1 Å². The SMILES string of the molecule is CNC(=O)c1cc(S(=O)(=O)N(C2CC2)[C@H](C)c2ccccn2)cn1C. The number of nitrogens with zero attached hydrogens (tertiary/aromatic N) is 3. The zero-order valence-corrected chi connectivity index (χ0v) is 15.3. The average molecular weight is 362 g/mol. The summed E-state index contributed by atoms with van der Waals surface area (Å²) >= 11 is 0. The number of pyridine rings is 1. The lowest BCUT2D eigenvalue weighted by atomic mass is 10.2. The van der Waals surface area contributed by atoms with Gasteiger partial charge in [0, 0.05) is 32.5 Å². The van der Waals surface area contributed by atoms with Gasteiger partial charge in [-0.2, -0.15) is 4.31 Å². The number of carbonyl (C=O) groups is 1. The van der Waals surface area contributed by atoms with Crippen molar-refractivity contribution in [2.45, 2.75) is 36.7 Å². The monoisotopic (exact) mass is 362 g/mol. The largest absolute Gasteiger partial charge is 0.354 e. The number of amides is 1. The topological polar surface area (TPSA) is 84.3 Å². The number of rotatable bonds is 6. The number of sulfonamides is 1. The van der Waals surface area contributed by atoms with Crippen LogP contribution in [0.3, 0.4) is 0 Å². The van der Waals surface area contributed by atoms with Gasteiger partial charge in [0.1, 0.15) is 10.6 Å². The smallest absolute Gasteiger partial charge is 0.267 e. The second-order valence-corrected chi connectivity index (χ2v) is 8.09. The molecular formula is C17H22N4O3S. The Morgan fingerprint density at radius 2 is 2.12 bits per heavy atom.